The molecular formula is C15H28O3. The van der Waals surface area contributed by atoms with E-state index in [0.717, 1.165) is 32.3 Å². The fraction of sp³-hybridized carbons (Fsp3) is 0.933. The molecule has 1 aliphatic rings. The summed E-state index contributed by atoms with van der Waals surface area (Å²) < 4.78 is 10.9. The smallest absolute Gasteiger partial charge is 0.306 e. The lowest BCUT2D eigenvalue weighted by atomic mass is 10.1. The second-order valence-corrected chi connectivity index (χ2v) is 5.28. The van der Waals surface area contributed by atoms with E-state index < -0.39 is 0 Å². The summed E-state index contributed by atoms with van der Waals surface area (Å²) in [6.45, 7) is 3.50. The molecule has 0 spiro atoms. The summed E-state index contributed by atoms with van der Waals surface area (Å²) in [6.07, 6.45) is 11.1. The van der Waals surface area contributed by atoms with Crippen LogP contribution in [0.15, 0.2) is 0 Å². The molecule has 0 amide bonds. The number of cyclic esters (lactones) is 1. The van der Waals surface area contributed by atoms with Crippen LogP contribution in [0.5, 0.6) is 0 Å². The van der Waals surface area contributed by atoms with Gasteiger partial charge in [-0.3, -0.25) is 4.79 Å². The van der Waals surface area contributed by atoms with Crippen LogP contribution in [0.1, 0.15) is 71.1 Å². The molecule has 0 aromatic rings. The van der Waals surface area contributed by atoms with Crippen molar-refractivity contribution in [1.82, 2.24) is 0 Å². The van der Waals surface area contributed by atoms with Gasteiger partial charge in [0, 0.05) is 19.4 Å². The number of hydrogen-bond acceptors (Lipinski definition) is 3. The Hall–Kier alpha value is -0.570. The molecule has 1 atom stereocenters. The van der Waals surface area contributed by atoms with Crippen molar-refractivity contribution < 1.29 is 14.3 Å². The maximum Gasteiger partial charge on any atom is 0.306 e. The molecule has 0 aromatic heterocycles. The van der Waals surface area contributed by atoms with Gasteiger partial charge in [-0.25, -0.2) is 0 Å². The zero-order chi connectivity index (χ0) is 13.1. The van der Waals surface area contributed by atoms with Crippen LogP contribution in [0.3, 0.4) is 0 Å². The van der Waals surface area contributed by atoms with Gasteiger partial charge < -0.3 is 9.47 Å². The lowest BCUT2D eigenvalue weighted by Crippen LogP contribution is -2.17. The highest BCUT2D eigenvalue weighted by Gasteiger charge is 2.09. The van der Waals surface area contributed by atoms with Gasteiger partial charge in [-0.1, -0.05) is 38.5 Å². The third kappa shape index (κ3) is 8.51. The molecule has 3 nitrogen and oxygen atoms in total. The Bertz CT molecular complexity index is 216. The van der Waals surface area contributed by atoms with E-state index in [1.54, 1.807) is 0 Å². The maximum absolute atomic E-state index is 11.5. The molecule has 18 heavy (non-hydrogen) atoms. The molecule has 1 rings (SSSR count). The summed E-state index contributed by atoms with van der Waals surface area (Å²) in [6, 6.07) is 0. The van der Waals surface area contributed by atoms with Gasteiger partial charge in [-0.2, -0.15) is 0 Å². The first-order valence-electron chi connectivity index (χ1n) is 7.56. The highest BCUT2D eigenvalue weighted by molar-refractivity contribution is 5.69. The summed E-state index contributed by atoms with van der Waals surface area (Å²) in [5.74, 6) is -0.0467. The van der Waals surface area contributed by atoms with E-state index in [0.29, 0.717) is 13.0 Å². The van der Waals surface area contributed by atoms with E-state index in [4.69, 9.17) is 9.47 Å². The molecule has 106 valence electrons. The first-order chi connectivity index (χ1) is 8.79. The Labute approximate surface area is 111 Å². The monoisotopic (exact) mass is 256 g/mol. The Morgan fingerprint density at radius 1 is 0.889 bits per heavy atom. The third-order valence-electron chi connectivity index (χ3n) is 3.42. The average Bonchev–Trinajstić information content (AvgIpc) is 2.33. The summed E-state index contributed by atoms with van der Waals surface area (Å²) >= 11 is 0. The van der Waals surface area contributed by atoms with Crippen molar-refractivity contribution in [1.29, 1.82) is 0 Å². The largest absolute Gasteiger partial charge is 0.463 e. The average molecular weight is 256 g/mol. The third-order valence-corrected chi connectivity index (χ3v) is 3.42. The second kappa shape index (κ2) is 10.4. The highest BCUT2D eigenvalue weighted by Crippen LogP contribution is 2.11. The highest BCUT2D eigenvalue weighted by atomic mass is 16.5. The van der Waals surface area contributed by atoms with Gasteiger partial charge in [0.05, 0.1) is 6.61 Å². The minimum Gasteiger partial charge on any atom is -0.463 e. The van der Waals surface area contributed by atoms with Crippen LogP contribution in [0.25, 0.3) is 0 Å². The Kier molecular flexibility index (Phi) is 8.92. The summed E-state index contributed by atoms with van der Waals surface area (Å²) in [4.78, 5) is 11.5. The predicted molar refractivity (Wildman–Crippen MR) is 72.5 cm³/mol. The van der Waals surface area contributed by atoms with Crippen molar-refractivity contribution >= 4 is 5.97 Å². The van der Waals surface area contributed by atoms with Crippen LogP contribution < -0.4 is 0 Å². The molecule has 1 aliphatic heterocycles. The number of hydrogen-bond donors (Lipinski definition) is 0. The predicted octanol–water partition coefficient (Wildman–Crippen LogP) is 3.85. The normalized spacial score (nSPS) is 26.5. The summed E-state index contributed by atoms with van der Waals surface area (Å²) in [5.41, 5.74) is 0. The van der Waals surface area contributed by atoms with Crippen LogP contribution in [-0.2, 0) is 14.3 Å². The van der Waals surface area contributed by atoms with Crippen molar-refractivity contribution in [3.05, 3.63) is 0 Å². The molecule has 1 heterocycles. The molecule has 0 N–H and O–H groups in total. The zero-order valence-electron chi connectivity index (χ0n) is 11.8. The van der Waals surface area contributed by atoms with E-state index in [1.165, 1.54) is 32.1 Å². The fourth-order valence-corrected chi connectivity index (χ4v) is 2.23. The molecular weight excluding hydrogens is 228 g/mol. The molecule has 1 fully saturated rings. The van der Waals surface area contributed by atoms with Gasteiger partial charge in [0.1, 0.15) is 6.10 Å². The topological polar surface area (TPSA) is 35.5 Å². The van der Waals surface area contributed by atoms with Gasteiger partial charge in [-0.15, -0.1) is 0 Å². The van der Waals surface area contributed by atoms with Crippen molar-refractivity contribution in [2.45, 2.75) is 77.2 Å². The quantitative estimate of drug-likeness (QED) is 0.618. The van der Waals surface area contributed by atoms with Crippen LogP contribution in [0, 0.1) is 0 Å². The van der Waals surface area contributed by atoms with E-state index >= 15 is 0 Å². The fourth-order valence-electron chi connectivity index (χ4n) is 2.23. The Balaban J connectivity index is 2.21. The number of rotatable bonds is 0. The van der Waals surface area contributed by atoms with Gasteiger partial charge >= 0.3 is 5.97 Å². The Morgan fingerprint density at radius 3 is 2.22 bits per heavy atom. The van der Waals surface area contributed by atoms with E-state index in [1.807, 2.05) is 6.92 Å². The minimum atomic E-state index is -0.0467. The van der Waals surface area contributed by atoms with Gasteiger partial charge in [0.25, 0.3) is 0 Å². The molecule has 0 radical (unpaired) electrons. The van der Waals surface area contributed by atoms with Crippen LogP contribution >= 0.6 is 0 Å². The SMILES string of the molecule is CC1CCOCCCCCCCCCCC(=O)O1. The van der Waals surface area contributed by atoms with E-state index in [2.05, 4.69) is 0 Å². The molecule has 1 unspecified atom stereocenters. The van der Waals surface area contributed by atoms with Gasteiger partial charge in [-0.05, 0) is 19.8 Å². The zero-order valence-corrected chi connectivity index (χ0v) is 11.8. The standard InChI is InChI=1S/C15H28O3/c1-14-11-13-17-12-9-7-5-3-2-4-6-8-10-15(16)18-14/h14H,2-13H2,1H3. The number of carbonyl (C=O) groups excluding carboxylic acids is 1. The van der Waals surface area contributed by atoms with E-state index in [-0.39, 0.29) is 12.1 Å². The summed E-state index contributed by atoms with van der Waals surface area (Å²) in [5, 5.41) is 0. The Morgan fingerprint density at radius 2 is 1.50 bits per heavy atom. The minimum absolute atomic E-state index is 0.00888. The van der Waals surface area contributed by atoms with Gasteiger partial charge in [0.15, 0.2) is 0 Å². The lowest BCUT2D eigenvalue weighted by molar-refractivity contribution is -0.149. The number of esters is 1. The van der Waals surface area contributed by atoms with Crippen molar-refractivity contribution in [2.75, 3.05) is 13.2 Å². The van der Waals surface area contributed by atoms with Crippen molar-refractivity contribution in [3.8, 4) is 0 Å². The number of ether oxygens (including phenoxy) is 2. The van der Waals surface area contributed by atoms with Crippen LogP contribution in [0.4, 0.5) is 0 Å². The molecule has 0 bridgehead atoms. The van der Waals surface area contributed by atoms with E-state index in [9.17, 15) is 4.79 Å². The molecule has 0 saturated carbocycles. The molecule has 1 saturated heterocycles. The second-order valence-electron chi connectivity index (χ2n) is 5.28. The molecule has 3 heteroatoms. The van der Waals surface area contributed by atoms with Crippen LogP contribution in [0.2, 0.25) is 0 Å². The van der Waals surface area contributed by atoms with Gasteiger partial charge in [0.2, 0.25) is 0 Å². The van der Waals surface area contributed by atoms with Crippen molar-refractivity contribution in [3.63, 3.8) is 0 Å². The maximum atomic E-state index is 11.5. The van der Waals surface area contributed by atoms with Crippen LogP contribution in [-0.4, -0.2) is 25.3 Å². The number of carbonyl (C=O) groups is 1. The first kappa shape index (κ1) is 15.5. The molecule has 0 aliphatic carbocycles. The summed E-state index contributed by atoms with van der Waals surface area (Å²) in [7, 11) is 0. The molecule has 0 aromatic carbocycles. The lowest BCUT2D eigenvalue weighted by Gasteiger charge is -2.13. The first-order valence-corrected chi connectivity index (χ1v) is 7.56. The van der Waals surface area contributed by atoms with Crippen molar-refractivity contribution in [2.24, 2.45) is 0 Å².